The summed E-state index contributed by atoms with van der Waals surface area (Å²) in [7, 11) is 1.24. The maximum atomic E-state index is 12.3. The first-order chi connectivity index (χ1) is 11.5. The fourth-order valence-corrected chi connectivity index (χ4v) is 2.03. The van der Waals surface area contributed by atoms with Crippen LogP contribution in [0.4, 0.5) is 10.5 Å². The first kappa shape index (κ1) is 17.3. The van der Waals surface area contributed by atoms with E-state index in [0.29, 0.717) is 5.69 Å². The molecule has 0 fully saturated rings. The predicted octanol–water partition coefficient (Wildman–Crippen LogP) is 2.08. The van der Waals surface area contributed by atoms with E-state index in [2.05, 4.69) is 10.1 Å². The number of nitrogens with one attached hydrogen (secondary N) is 1. The topological polar surface area (TPSA) is 86.6 Å². The van der Waals surface area contributed by atoms with Crippen molar-refractivity contribution in [3.63, 3.8) is 0 Å². The number of anilines is 1. The lowest BCUT2D eigenvalue weighted by molar-refractivity contribution is -0.141. The molecule has 0 saturated carbocycles. The van der Waals surface area contributed by atoms with Crippen molar-refractivity contribution in [2.75, 3.05) is 12.4 Å². The molecule has 1 heterocycles. The number of nitrogens with zero attached hydrogens (tertiary/aromatic N) is 1. The molecule has 0 aliphatic carbocycles. The molecule has 0 saturated heterocycles. The molecule has 7 heteroatoms. The van der Waals surface area contributed by atoms with E-state index in [9.17, 15) is 14.4 Å². The quantitative estimate of drug-likeness (QED) is 0.848. The number of rotatable bonds is 5. The first-order valence-corrected chi connectivity index (χ1v) is 7.26. The van der Waals surface area contributed by atoms with Gasteiger partial charge in [-0.25, -0.2) is 4.79 Å². The lowest BCUT2D eigenvalue weighted by atomic mass is 10.2. The van der Waals surface area contributed by atoms with Gasteiger partial charge in [0.2, 0.25) is 0 Å². The second-order valence-electron chi connectivity index (χ2n) is 5.04. The predicted molar refractivity (Wildman–Crippen MR) is 87.7 cm³/mol. The van der Waals surface area contributed by atoms with Crippen LogP contribution in [0.5, 0.6) is 0 Å². The van der Waals surface area contributed by atoms with Gasteiger partial charge in [0.15, 0.2) is 0 Å². The minimum atomic E-state index is -0.746. The van der Waals surface area contributed by atoms with Crippen LogP contribution in [0.25, 0.3) is 0 Å². The van der Waals surface area contributed by atoms with E-state index in [1.807, 2.05) is 30.3 Å². The average Bonchev–Trinajstić information content (AvgIpc) is 2.60. The summed E-state index contributed by atoms with van der Waals surface area (Å²) in [6.45, 7) is 1.55. The summed E-state index contributed by atoms with van der Waals surface area (Å²) in [6.07, 6.45) is -0.746. The minimum Gasteiger partial charge on any atom is -0.468 e. The van der Waals surface area contributed by atoms with Gasteiger partial charge in [-0.2, -0.15) is 0 Å². The Morgan fingerprint density at radius 2 is 1.83 bits per heavy atom. The molecule has 0 unspecified atom stereocenters. The van der Waals surface area contributed by atoms with Crippen LogP contribution in [-0.2, 0) is 27.4 Å². The van der Waals surface area contributed by atoms with Crippen LogP contribution in [0.3, 0.4) is 0 Å². The Bertz CT molecular complexity index is 783. The molecule has 0 spiro atoms. The zero-order valence-corrected chi connectivity index (χ0v) is 13.4. The number of carbonyl (C=O) groups excluding carboxylic acids is 2. The van der Waals surface area contributed by atoms with Gasteiger partial charge in [-0.05, 0) is 24.6 Å². The number of aryl methyl sites for hydroxylation is 1. The van der Waals surface area contributed by atoms with Gasteiger partial charge >= 0.3 is 12.1 Å². The standard InChI is InChI=1S/C17H18N2O5/c1-12-8-9-14(16(21)19(12)10-15(20)23-2)18-17(22)24-11-13-6-4-3-5-7-13/h3-9H,10-11H2,1-2H3,(H,18,22). The number of carbonyl (C=O) groups is 2. The highest BCUT2D eigenvalue weighted by atomic mass is 16.5. The van der Waals surface area contributed by atoms with Crippen molar-refractivity contribution in [2.24, 2.45) is 0 Å². The third-order valence-electron chi connectivity index (χ3n) is 3.36. The van der Waals surface area contributed by atoms with Gasteiger partial charge in [0.25, 0.3) is 5.56 Å². The summed E-state index contributed by atoms with van der Waals surface area (Å²) < 4.78 is 10.9. The van der Waals surface area contributed by atoms with Gasteiger partial charge < -0.3 is 9.47 Å². The second kappa shape index (κ2) is 7.96. The monoisotopic (exact) mass is 330 g/mol. The third-order valence-corrected chi connectivity index (χ3v) is 3.36. The maximum absolute atomic E-state index is 12.3. The Balaban J connectivity index is 2.06. The normalized spacial score (nSPS) is 10.1. The molecule has 24 heavy (non-hydrogen) atoms. The van der Waals surface area contributed by atoms with Crippen LogP contribution in [0.15, 0.2) is 47.3 Å². The van der Waals surface area contributed by atoms with Crippen molar-refractivity contribution in [1.82, 2.24) is 4.57 Å². The highest BCUT2D eigenvalue weighted by Crippen LogP contribution is 2.06. The molecule has 0 atom stereocenters. The molecule has 2 aromatic rings. The minimum absolute atomic E-state index is 0.0302. The fourth-order valence-electron chi connectivity index (χ4n) is 2.03. The van der Waals surface area contributed by atoms with Crippen LogP contribution in [0.1, 0.15) is 11.3 Å². The molecule has 0 bridgehead atoms. The van der Waals surface area contributed by atoms with E-state index in [1.165, 1.54) is 17.7 Å². The Morgan fingerprint density at radius 3 is 2.50 bits per heavy atom. The molecule has 0 radical (unpaired) electrons. The molecular formula is C17H18N2O5. The van der Waals surface area contributed by atoms with Crippen molar-refractivity contribution in [3.8, 4) is 0 Å². The molecule has 0 aliphatic rings. The molecule has 7 nitrogen and oxygen atoms in total. The summed E-state index contributed by atoms with van der Waals surface area (Å²) >= 11 is 0. The van der Waals surface area contributed by atoms with E-state index in [1.54, 1.807) is 13.0 Å². The molecular weight excluding hydrogens is 312 g/mol. The summed E-state index contributed by atoms with van der Waals surface area (Å²) in [6, 6.07) is 12.3. The van der Waals surface area contributed by atoms with Gasteiger partial charge in [-0.1, -0.05) is 30.3 Å². The Hall–Kier alpha value is -3.09. The zero-order valence-electron chi connectivity index (χ0n) is 13.4. The number of esters is 1. The van der Waals surface area contributed by atoms with E-state index in [4.69, 9.17) is 4.74 Å². The van der Waals surface area contributed by atoms with Crippen LogP contribution >= 0.6 is 0 Å². The van der Waals surface area contributed by atoms with Crippen molar-refractivity contribution < 1.29 is 19.1 Å². The van der Waals surface area contributed by atoms with E-state index in [-0.39, 0.29) is 18.8 Å². The molecule has 1 amide bonds. The van der Waals surface area contributed by atoms with Crippen LogP contribution in [0, 0.1) is 6.92 Å². The summed E-state index contributed by atoms with van der Waals surface area (Å²) in [5.41, 5.74) is 0.938. The SMILES string of the molecule is COC(=O)Cn1c(C)ccc(NC(=O)OCc2ccccc2)c1=O. The van der Waals surface area contributed by atoms with E-state index >= 15 is 0 Å². The number of methoxy groups -OCH3 is 1. The van der Waals surface area contributed by atoms with Gasteiger partial charge in [0.05, 0.1) is 7.11 Å². The van der Waals surface area contributed by atoms with Crippen LogP contribution < -0.4 is 10.9 Å². The molecule has 1 N–H and O–H groups in total. The molecule has 0 aliphatic heterocycles. The lowest BCUT2D eigenvalue weighted by Crippen LogP contribution is -2.30. The van der Waals surface area contributed by atoms with Gasteiger partial charge in [0.1, 0.15) is 18.8 Å². The average molecular weight is 330 g/mol. The van der Waals surface area contributed by atoms with Crippen molar-refractivity contribution in [2.45, 2.75) is 20.1 Å². The Kier molecular flexibility index (Phi) is 5.73. The smallest absolute Gasteiger partial charge is 0.412 e. The molecule has 126 valence electrons. The lowest BCUT2D eigenvalue weighted by Gasteiger charge is -2.11. The van der Waals surface area contributed by atoms with Gasteiger partial charge in [0, 0.05) is 5.69 Å². The Labute approximate surface area is 138 Å². The summed E-state index contributed by atoms with van der Waals surface area (Å²) in [5.74, 6) is -0.552. The number of ether oxygens (including phenoxy) is 2. The summed E-state index contributed by atoms with van der Waals surface area (Å²) in [5, 5.41) is 2.39. The van der Waals surface area contributed by atoms with Crippen LogP contribution in [0.2, 0.25) is 0 Å². The number of hydrogen-bond acceptors (Lipinski definition) is 5. The third kappa shape index (κ3) is 4.45. The highest BCUT2D eigenvalue weighted by Gasteiger charge is 2.13. The highest BCUT2D eigenvalue weighted by molar-refractivity contribution is 5.84. The second-order valence-corrected chi connectivity index (χ2v) is 5.04. The number of benzene rings is 1. The summed E-state index contributed by atoms with van der Waals surface area (Å²) in [4.78, 5) is 35.6. The fraction of sp³-hybridized carbons (Fsp3) is 0.235. The van der Waals surface area contributed by atoms with Crippen molar-refractivity contribution in [1.29, 1.82) is 0 Å². The molecule has 1 aromatic heterocycles. The van der Waals surface area contributed by atoms with Crippen molar-refractivity contribution in [3.05, 3.63) is 64.1 Å². The van der Waals surface area contributed by atoms with Gasteiger partial charge in [-0.15, -0.1) is 0 Å². The van der Waals surface area contributed by atoms with Crippen LogP contribution in [-0.4, -0.2) is 23.7 Å². The Morgan fingerprint density at radius 1 is 1.12 bits per heavy atom. The van der Waals surface area contributed by atoms with Gasteiger partial charge in [-0.3, -0.25) is 19.5 Å². The van der Waals surface area contributed by atoms with E-state index in [0.717, 1.165) is 5.56 Å². The number of pyridine rings is 1. The molecule has 2 rings (SSSR count). The molecule has 1 aromatic carbocycles. The van der Waals surface area contributed by atoms with E-state index < -0.39 is 17.6 Å². The number of hydrogen-bond donors (Lipinski definition) is 1. The zero-order chi connectivity index (χ0) is 17.5. The van der Waals surface area contributed by atoms with Crippen molar-refractivity contribution >= 4 is 17.7 Å². The first-order valence-electron chi connectivity index (χ1n) is 7.26. The number of aromatic nitrogens is 1. The largest absolute Gasteiger partial charge is 0.468 e. The number of amides is 1. The maximum Gasteiger partial charge on any atom is 0.412 e.